The van der Waals surface area contributed by atoms with Crippen molar-refractivity contribution in [3.05, 3.63) is 52.2 Å². The number of thiophene rings is 1. The maximum Gasteiger partial charge on any atom is 0.191 e. The van der Waals surface area contributed by atoms with Crippen LogP contribution in [0.1, 0.15) is 35.7 Å². The largest absolute Gasteiger partial charge is 0.493 e. The van der Waals surface area contributed by atoms with Crippen LogP contribution in [0.15, 0.2) is 46.8 Å². The van der Waals surface area contributed by atoms with E-state index >= 15 is 0 Å². The highest BCUT2D eigenvalue weighted by Crippen LogP contribution is 2.27. The van der Waals surface area contributed by atoms with Crippen molar-refractivity contribution in [3.8, 4) is 5.75 Å². The van der Waals surface area contributed by atoms with Gasteiger partial charge in [0, 0.05) is 45.2 Å². The summed E-state index contributed by atoms with van der Waals surface area (Å²) in [6.45, 7) is 5.27. The van der Waals surface area contributed by atoms with E-state index in [1.807, 2.05) is 30.5 Å². The van der Waals surface area contributed by atoms with Crippen LogP contribution in [0.3, 0.4) is 0 Å². The van der Waals surface area contributed by atoms with E-state index in [0.29, 0.717) is 25.8 Å². The van der Waals surface area contributed by atoms with Gasteiger partial charge in [-0.25, -0.2) is 0 Å². The van der Waals surface area contributed by atoms with Crippen LogP contribution >= 0.6 is 11.3 Å². The summed E-state index contributed by atoms with van der Waals surface area (Å²) in [6, 6.07) is 13.0. The van der Waals surface area contributed by atoms with E-state index in [0.717, 1.165) is 30.2 Å². The quantitative estimate of drug-likeness (QED) is 0.324. The average Bonchev–Trinajstić information content (AvgIpc) is 3.49. The summed E-state index contributed by atoms with van der Waals surface area (Å²) in [4.78, 5) is 8.40. The van der Waals surface area contributed by atoms with Crippen molar-refractivity contribution in [2.45, 2.75) is 31.8 Å². The van der Waals surface area contributed by atoms with Gasteiger partial charge in [-0.1, -0.05) is 18.2 Å². The van der Waals surface area contributed by atoms with Crippen LogP contribution in [0, 0.1) is 0 Å². The van der Waals surface area contributed by atoms with Crippen molar-refractivity contribution in [2.75, 3.05) is 47.0 Å². The molecule has 2 aromatic rings. The Morgan fingerprint density at radius 3 is 2.77 bits per heavy atom. The third-order valence-electron chi connectivity index (χ3n) is 5.26. The Hall–Kier alpha value is -2.09. The van der Waals surface area contributed by atoms with Crippen LogP contribution in [0.4, 0.5) is 0 Å². The van der Waals surface area contributed by atoms with Crippen LogP contribution in [-0.2, 0) is 11.3 Å². The normalized spacial score (nSPS) is 15.9. The summed E-state index contributed by atoms with van der Waals surface area (Å²) in [6.07, 6.45) is 3.47. The number of ether oxygens (including phenoxy) is 2. The zero-order chi connectivity index (χ0) is 21.0. The second kappa shape index (κ2) is 12.6. The smallest absolute Gasteiger partial charge is 0.191 e. The minimum atomic E-state index is 0.398. The van der Waals surface area contributed by atoms with E-state index in [-0.39, 0.29) is 0 Å². The van der Waals surface area contributed by atoms with Gasteiger partial charge in [0.25, 0.3) is 0 Å². The first-order valence-corrected chi connectivity index (χ1v) is 11.6. The lowest BCUT2D eigenvalue weighted by atomic mass is 10.2. The number of likely N-dealkylation sites (tertiary alicyclic amines) is 1. The van der Waals surface area contributed by atoms with Crippen LogP contribution in [0.2, 0.25) is 0 Å². The number of aliphatic imine (C=N–C) groups is 1. The molecule has 2 N–H and O–H groups in total. The summed E-state index contributed by atoms with van der Waals surface area (Å²) < 4.78 is 10.9. The lowest BCUT2D eigenvalue weighted by Gasteiger charge is -2.27. The van der Waals surface area contributed by atoms with Gasteiger partial charge in [0.1, 0.15) is 5.75 Å². The molecule has 1 unspecified atom stereocenters. The Kier molecular flexibility index (Phi) is 9.47. The van der Waals surface area contributed by atoms with E-state index in [1.54, 1.807) is 7.11 Å². The molecule has 1 saturated heterocycles. The SMILES string of the molecule is CN=C(NCc1cccc(OCCCOC)c1)NCC(c1cccs1)N1CCCC1. The van der Waals surface area contributed by atoms with Gasteiger partial charge in [0.15, 0.2) is 5.96 Å². The fourth-order valence-electron chi connectivity index (χ4n) is 3.68. The monoisotopic (exact) mass is 430 g/mol. The topological polar surface area (TPSA) is 58.1 Å². The van der Waals surface area contributed by atoms with Crippen molar-refractivity contribution in [3.63, 3.8) is 0 Å². The second-order valence-electron chi connectivity index (χ2n) is 7.42. The van der Waals surface area contributed by atoms with Gasteiger partial charge < -0.3 is 20.1 Å². The van der Waals surface area contributed by atoms with Gasteiger partial charge in [-0.15, -0.1) is 11.3 Å². The van der Waals surface area contributed by atoms with Crippen molar-refractivity contribution in [2.24, 2.45) is 4.99 Å². The molecule has 0 aliphatic carbocycles. The van der Waals surface area contributed by atoms with Gasteiger partial charge in [0.05, 0.1) is 12.6 Å². The molecule has 0 radical (unpaired) electrons. The molecule has 3 rings (SSSR count). The molecular weight excluding hydrogens is 396 g/mol. The van der Waals surface area contributed by atoms with Gasteiger partial charge in [-0.2, -0.15) is 0 Å². The average molecular weight is 431 g/mol. The van der Waals surface area contributed by atoms with Crippen molar-refractivity contribution in [1.82, 2.24) is 15.5 Å². The number of guanidine groups is 1. The van der Waals surface area contributed by atoms with Crippen LogP contribution < -0.4 is 15.4 Å². The summed E-state index contributed by atoms with van der Waals surface area (Å²) in [5.41, 5.74) is 1.16. The summed E-state index contributed by atoms with van der Waals surface area (Å²) in [7, 11) is 3.53. The maximum atomic E-state index is 5.80. The third-order valence-corrected chi connectivity index (χ3v) is 6.23. The van der Waals surface area contributed by atoms with Crippen molar-refractivity contribution < 1.29 is 9.47 Å². The zero-order valence-corrected chi connectivity index (χ0v) is 18.9. The molecule has 7 heteroatoms. The van der Waals surface area contributed by atoms with Gasteiger partial charge >= 0.3 is 0 Å². The summed E-state index contributed by atoms with van der Waals surface area (Å²) in [5, 5.41) is 9.12. The molecule has 1 fully saturated rings. The molecule has 1 atom stereocenters. The molecule has 1 aliphatic heterocycles. The highest BCUT2D eigenvalue weighted by Gasteiger charge is 2.24. The third kappa shape index (κ3) is 7.00. The first-order chi connectivity index (χ1) is 14.8. The molecule has 164 valence electrons. The summed E-state index contributed by atoms with van der Waals surface area (Å²) >= 11 is 1.83. The highest BCUT2D eigenvalue weighted by atomic mass is 32.1. The number of hydrogen-bond donors (Lipinski definition) is 2. The van der Waals surface area contributed by atoms with Gasteiger partial charge in [0.2, 0.25) is 0 Å². The number of hydrogen-bond acceptors (Lipinski definition) is 5. The van der Waals surface area contributed by atoms with Gasteiger partial charge in [-0.3, -0.25) is 9.89 Å². The standard InChI is InChI=1S/C23H34N4O2S/c1-24-23(25-17-19-8-5-9-20(16-19)29-14-7-13-28-2)26-18-21(22-10-6-15-30-22)27-11-3-4-12-27/h5-6,8-10,15-16,21H,3-4,7,11-14,17-18H2,1-2H3,(H2,24,25,26). The van der Waals surface area contributed by atoms with E-state index < -0.39 is 0 Å². The summed E-state index contributed by atoms with van der Waals surface area (Å²) in [5.74, 6) is 1.71. The van der Waals surface area contributed by atoms with Gasteiger partial charge in [-0.05, 0) is 55.1 Å². The minimum absolute atomic E-state index is 0.398. The molecule has 2 heterocycles. The molecular formula is C23H34N4O2S. The number of methoxy groups -OCH3 is 1. The molecule has 0 saturated carbocycles. The molecule has 1 aliphatic rings. The Morgan fingerprint density at radius 1 is 1.17 bits per heavy atom. The lowest BCUT2D eigenvalue weighted by molar-refractivity contribution is 0.172. The van der Waals surface area contributed by atoms with Crippen molar-refractivity contribution in [1.29, 1.82) is 0 Å². The Balaban J connectivity index is 1.49. The Bertz CT molecular complexity index is 760. The molecule has 0 amide bonds. The Morgan fingerprint density at radius 2 is 2.03 bits per heavy atom. The van der Waals surface area contributed by atoms with E-state index in [2.05, 4.69) is 50.2 Å². The van der Waals surface area contributed by atoms with Crippen molar-refractivity contribution >= 4 is 17.3 Å². The molecule has 0 spiro atoms. The van der Waals surface area contributed by atoms with Crippen LogP contribution in [0.5, 0.6) is 5.75 Å². The Labute approximate surface area is 184 Å². The molecule has 6 nitrogen and oxygen atoms in total. The second-order valence-corrected chi connectivity index (χ2v) is 8.40. The number of nitrogens with one attached hydrogen (secondary N) is 2. The maximum absolute atomic E-state index is 5.80. The first-order valence-electron chi connectivity index (χ1n) is 10.7. The molecule has 0 bridgehead atoms. The fraction of sp³-hybridized carbons (Fsp3) is 0.522. The van der Waals surface area contributed by atoms with Crippen LogP contribution in [0.25, 0.3) is 0 Å². The number of rotatable bonds is 11. The van der Waals surface area contributed by atoms with E-state index in [4.69, 9.17) is 9.47 Å². The number of benzene rings is 1. The molecule has 30 heavy (non-hydrogen) atoms. The minimum Gasteiger partial charge on any atom is -0.493 e. The predicted octanol–water partition coefficient (Wildman–Crippen LogP) is 3.67. The van der Waals surface area contributed by atoms with E-state index in [1.165, 1.54) is 30.8 Å². The first kappa shape index (κ1) is 22.6. The fourth-order valence-corrected chi connectivity index (χ4v) is 4.54. The molecule has 1 aromatic carbocycles. The van der Waals surface area contributed by atoms with E-state index in [9.17, 15) is 0 Å². The van der Waals surface area contributed by atoms with Crippen LogP contribution in [-0.4, -0.2) is 57.9 Å². The lowest BCUT2D eigenvalue weighted by Crippen LogP contribution is -2.42. The highest BCUT2D eigenvalue weighted by molar-refractivity contribution is 7.10. The number of nitrogens with zero attached hydrogens (tertiary/aromatic N) is 2. The zero-order valence-electron chi connectivity index (χ0n) is 18.1. The predicted molar refractivity (Wildman–Crippen MR) is 124 cm³/mol. The molecule has 1 aromatic heterocycles.